The van der Waals surface area contributed by atoms with Crippen molar-refractivity contribution in [2.45, 2.75) is 46.4 Å². The van der Waals surface area contributed by atoms with E-state index < -0.39 is 17.9 Å². The number of benzene rings is 1. The lowest BCUT2D eigenvalue weighted by molar-refractivity contribution is -0.150. The highest BCUT2D eigenvalue weighted by atomic mass is 19.1. The first-order valence-corrected chi connectivity index (χ1v) is 6.79. The molecule has 1 rings (SSSR count). The first-order valence-electron chi connectivity index (χ1n) is 6.79. The number of ether oxygens (including phenoxy) is 2. The summed E-state index contributed by atoms with van der Waals surface area (Å²) in [6.45, 7) is 8.15. The van der Waals surface area contributed by atoms with Crippen LogP contribution in [-0.2, 0) is 16.1 Å². The van der Waals surface area contributed by atoms with E-state index in [9.17, 15) is 9.18 Å². The highest BCUT2D eigenvalue weighted by Crippen LogP contribution is 2.20. The third-order valence-electron chi connectivity index (χ3n) is 2.63. The summed E-state index contributed by atoms with van der Waals surface area (Å²) >= 11 is 0. The molecule has 1 aromatic rings. The molecule has 0 aliphatic heterocycles. The molecule has 112 valence electrons. The van der Waals surface area contributed by atoms with Gasteiger partial charge >= 0.3 is 5.97 Å². The minimum absolute atomic E-state index is 0.0545. The topological polar surface area (TPSA) is 47.6 Å². The summed E-state index contributed by atoms with van der Waals surface area (Å²) in [4.78, 5) is 11.4. The number of nitrogens with one attached hydrogen (secondary N) is 1. The van der Waals surface area contributed by atoms with Crippen molar-refractivity contribution in [3.8, 4) is 5.75 Å². The Bertz CT molecular complexity index is 449. The molecule has 5 heteroatoms. The number of rotatable bonds is 7. The van der Waals surface area contributed by atoms with Gasteiger partial charge in [-0.15, -0.1) is 0 Å². The Labute approximate surface area is 119 Å². The maximum absolute atomic E-state index is 13.9. The van der Waals surface area contributed by atoms with Gasteiger partial charge in [-0.05, 0) is 31.5 Å². The fraction of sp³-hybridized carbons (Fsp3) is 0.533. The van der Waals surface area contributed by atoms with Crippen molar-refractivity contribution in [1.29, 1.82) is 0 Å². The molecule has 0 saturated carbocycles. The van der Waals surface area contributed by atoms with Gasteiger partial charge in [-0.25, -0.2) is 9.18 Å². The van der Waals surface area contributed by atoms with E-state index in [0.717, 1.165) is 5.56 Å². The number of halogens is 1. The summed E-state index contributed by atoms with van der Waals surface area (Å²) in [6.07, 6.45) is -0.830. The van der Waals surface area contributed by atoms with Gasteiger partial charge in [0.25, 0.3) is 0 Å². The molecule has 0 radical (unpaired) electrons. The molecule has 0 aromatic heterocycles. The normalized spacial score (nSPS) is 12.3. The minimum atomic E-state index is -0.830. The van der Waals surface area contributed by atoms with E-state index in [1.807, 2.05) is 13.8 Å². The number of hydrogen-bond donors (Lipinski definition) is 1. The number of carbonyl (C=O) groups is 1. The summed E-state index contributed by atoms with van der Waals surface area (Å²) in [5.74, 6) is -0.930. The van der Waals surface area contributed by atoms with Crippen molar-refractivity contribution < 1.29 is 18.7 Å². The minimum Gasteiger partial charge on any atom is -0.476 e. The lowest BCUT2D eigenvalue weighted by Gasteiger charge is -2.15. The van der Waals surface area contributed by atoms with Gasteiger partial charge in [-0.1, -0.05) is 19.9 Å². The van der Waals surface area contributed by atoms with Gasteiger partial charge in [0.2, 0.25) is 0 Å². The lowest BCUT2D eigenvalue weighted by atomic mass is 10.2. The quantitative estimate of drug-likeness (QED) is 0.782. The Morgan fingerprint density at radius 1 is 1.35 bits per heavy atom. The summed E-state index contributed by atoms with van der Waals surface area (Å²) in [7, 11) is 0. The molecule has 0 bridgehead atoms. The van der Waals surface area contributed by atoms with E-state index in [0.29, 0.717) is 12.6 Å². The van der Waals surface area contributed by atoms with Gasteiger partial charge in [-0.3, -0.25) is 0 Å². The van der Waals surface area contributed by atoms with Crippen LogP contribution in [0, 0.1) is 5.82 Å². The molecule has 0 aliphatic rings. The zero-order valence-electron chi connectivity index (χ0n) is 12.4. The van der Waals surface area contributed by atoms with Crippen molar-refractivity contribution in [2.75, 3.05) is 6.61 Å². The van der Waals surface area contributed by atoms with Crippen LogP contribution in [-0.4, -0.2) is 24.7 Å². The van der Waals surface area contributed by atoms with Gasteiger partial charge in [-0.2, -0.15) is 0 Å². The standard InChI is InChI=1S/C15H22FNO3/c1-5-19-15(18)11(4)20-14-7-6-12(8-13(14)16)9-17-10(2)3/h6-8,10-11,17H,5,9H2,1-4H3. The highest BCUT2D eigenvalue weighted by molar-refractivity contribution is 5.74. The van der Waals surface area contributed by atoms with Gasteiger partial charge in [0.15, 0.2) is 17.7 Å². The molecule has 0 heterocycles. The summed E-state index contributed by atoms with van der Waals surface area (Å²) in [5.41, 5.74) is 0.826. The molecule has 1 N–H and O–H groups in total. The van der Waals surface area contributed by atoms with Crippen LogP contribution in [0.25, 0.3) is 0 Å². The van der Waals surface area contributed by atoms with Crippen LogP contribution in [0.4, 0.5) is 4.39 Å². The van der Waals surface area contributed by atoms with Crippen molar-refractivity contribution in [3.63, 3.8) is 0 Å². The molecular formula is C15H22FNO3. The Morgan fingerprint density at radius 2 is 2.05 bits per heavy atom. The van der Waals surface area contributed by atoms with Gasteiger partial charge in [0, 0.05) is 12.6 Å². The number of hydrogen-bond acceptors (Lipinski definition) is 4. The van der Waals surface area contributed by atoms with Gasteiger partial charge in [0.05, 0.1) is 6.61 Å². The maximum Gasteiger partial charge on any atom is 0.347 e. The number of esters is 1. The summed E-state index contributed by atoms with van der Waals surface area (Å²) < 4.78 is 24.0. The van der Waals surface area contributed by atoms with Crippen LogP contribution in [0.3, 0.4) is 0 Å². The lowest BCUT2D eigenvalue weighted by Crippen LogP contribution is -2.26. The van der Waals surface area contributed by atoms with Crippen LogP contribution in [0.15, 0.2) is 18.2 Å². The average molecular weight is 283 g/mol. The molecular weight excluding hydrogens is 261 g/mol. The molecule has 0 spiro atoms. The Morgan fingerprint density at radius 3 is 2.60 bits per heavy atom. The van der Waals surface area contributed by atoms with Crippen LogP contribution >= 0.6 is 0 Å². The van der Waals surface area contributed by atoms with E-state index in [4.69, 9.17) is 9.47 Å². The molecule has 1 atom stereocenters. The van der Waals surface area contributed by atoms with Crippen molar-refractivity contribution in [1.82, 2.24) is 5.32 Å². The maximum atomic E-state index is 13.9. The third-order valence-corrected chi connectivity index (χ3v) is 2.63. The average Bonchev–Trinajstić information content (AvgIpc) is 2.39. The highest BCUT2D eigenvalue weighted by Gasteiger charge is 2.17. The Balaban J connectivity index is 2.66. The molecule has 0 fully saturated rings. The monoisotopic (exact) mass is 283 g/mol. The second-order valence-electron chi connectivity index (χ2n) is 4.81. The van der Waals surface area contributed by atoms with Crippen LogP contribution < -0.4 is 10.1 Å². The first kappa shape index (κ1) is 16.4. The van der Waals surface area contributed by atoms with E-state index >= 15 is 0 Å². The second kappa shape index (κ2) is 7.85. The van der Waals surface area contributed by atoms with Crippen LogP contribution in [0.1, 0.15) is 33.3 Å². The number of carbonyl (C=O) groups excluding carboxylic acids is 1. The molecule has 1 aromatic carbocycles. The molecule has 4 nitrogen and oxygen atoms in total. The fourth-order valence-electron chi connectivity index (χ4n) is 1.57. The largest absolute Gasteiger partial charge is 0.476 e. The van der Waals surface area contributed by atoms with E-state index in [1.165, 1.54) is 19.1 Å². The van der Waals surface area contributed by atoms with Gasteiger partial charge < -0.3 is 14.8 Å². The van der Waals surface area contributed by atoms with E-state index in [2.05, 4.69) is 5.32 Å². The van der Waals surface area contributed by atoms with Crippen LogP contribution in [0.2, 0.25) is 0 Å². The zero-order chi connectivity index (χ0) is 15.1. The summed E-state index contributed by atoms with van der Waals surface area (Å²) in [6, 6.07) is 5.04. The molecule has 0 amide bonds. The smallest absolute Gasteiger partial charge is 0.347 e. The molecule has 20 heavy (non-hydrogen) atoms. The molecule has 1 unspecified atom stereocenters. The molecule has 0 aliphatic carbocycles. The van der Waals surface area contributed by atoms with Crippen molar-refractivity contribution in [2.24, 2.45) is 0 Å². The second-order valence-corrected chi connectivity index (χ2v) is 4.81. The first-order chi connectivity index (χ1) is 9.43. The van der Waals surface area contributed by atoms with Crippen LogP contribution in [0.5, 0.6) is 5.75 Å². The Hall–Kier alpha value is -1.62. The van der Waals surface area contributed by atoms with E-state index in [-0.39, 0.29) is 12.4 Å². The predicted molar refractivity (Wildman–Crippen MR) is 75.1 cm³/mol. The zero-order valence-corrected chi connectivity index (χ0v) is 12.4. The Kier molecular flexibility index (Phi) is 6.45. The fourth-order valence-corrected chi connectivity index (χ4v) is 1.57. The van der Waals surface area contributed by atoms with Crippen molar-refractivity contribution >= 4 is 5.97 Å². The SMILES string of the molecule is CCOC(=O)C(C)Oc1ccc(CNC(C)C)cc1F. The molecule has 0 saturated heterocycles. The summed E-state index contributed by atoms with van der Waals surface area (Å²) in [5, 5.41) is 3.20. The van der Waals surface area contributed by atoms with Gasteiger partial charge in [0.1, 0.15) is 0 Å². The predicted octanol–water partition coefficient (Wildman–Crippen LogP) is 2.65. The third kappa shape index (κ3) is 5.17. The van der Waals surface area contributed by atoms with Crippen molar-refractivity contribution in [3.05, 3.63) is 29.6 Å². The van der Waals surface area contributed by atoms with E-state index in [1.54, 1.807) is 13.0 Å².